The monoisotopic (exact) mass is 373 g/mol. The molecule has 122 valence electrons. The second-order valence-electron chi connectivity index (χ2n) is 4.74. The predicted octanol–water partition coefficient (Wildman–Crippen LogP) is 4.40. The normalized spacial score (nSPS) is 10.6. The lowest BCUT2D eigenvalue weighted by Crippen LogP contribution is -2.22. The second kappa shape index (κ2) is 8.41. The predicted molar refractivity (Wildman–Crippen MR) is 91.6 cm³/mol. The first-order valence-electron chi connectivity index (χ1n) is 6.74. The van der Waals surface area contributed by atoms with Gasteiger partial charge in [-0.2, -0.15) is 0 Å². The number of nitrogens with one attached hydrogen (secondary N) is 1. The van der Waals surface area contributed by atoms with Gasteiger partial charge in [0.15, 0.2) is 0 Å². The largest absolute Gasteiger partial charge is 0.488 e. The molecule has 0 atom stereocenters. The molecular weight excluding hydrogens is 361 g/mol. The summed E-state index contributed by atoms with van der Waals surface area (Å²) >= 11 is 18.2. The highest BCUT2D eigenvalue weighted by Gasteiger charge is 2.10. The van der Waals surface area contributed by atoms with Gasteiger partial charge in [-0.1, -0.05) is 40.9 Å². The Morgan fingerprint density at radius 1 is 1.13 bits per heavy atom. The van der Waals surface area contributed by atoms with Crippen LogP contribution in [0.5, 0.6) is 5.75 Å². The summed E-state index contributed by atoms with van der Waals surface area (Å²) < 4.78 is 5.78. The van der Waals surface area contributed by atoms with Crippen molar-refractivity contribution in [2.24, 2.45) is 0 Å². The molecule has 0 saturated carbocycles. The Morgan fingerprint density at radius 3 is 2.48 bits per heavy atom. The number of rotatable bonds is 7. The fourth-order valence-electron chi connectivity index (χ4n) is 1.95. The topological polar surface area (TPSA) is 58.6 Å². The molecule has 0 unspecified atom stereocenters. The summed E-state index contributed by atoms with van der Waals surface area (Å²) in [5.74, 6) is -0.347. The van der Waals surface area contributed by atoms with E-state index in [1.165, 1.54) is 0 Å². The highest BCUT2D eigenvalue weighted by molar-refractivity contribution is 6.36. The summed E-state index contributed by atoms with van der Waals surface area (Å²) in [6.45, 7) is 0.368. The highest BCUT2D eigenvalue weighted by Crippen LogP contribution is 2.28. The average Bonchev–Trinajstić information content (AvgIpc) is 2.48. The van der Waals surface area contributed by atoms with Crippen LogP contribution < -0.4 is 10.1 Å². The number of carboxylic acid groups (broad SMARTS) is 1. The van der Waals surface area contributed by atoms with Gasteiger partial charge in [-0.3, -0.25) is 4.79 Å². The Bertz CT molecular complexity index is 687. The van der Waals surface area contributed by atoms with E-state index < -0.39 is 5.97 Å². The molecule has 23 heavy (non-hydrogen) atoms. The molecule has 2 rings (SSSR count). The molecule has 0 aliphatic heterocycles. The Balaban J connectivity index is 2.11. The molecule has 0 fully saturated rings. The molecule has 4 nitrogen and oxygen atoms in total. The van der Waals surface area contributed by atoms with E-state index in [1.54, 1.807) is 36.4 Å². The van der Waals surface area contributed by atoms with Crippen LogP contribution in [0.25, 0.3) is 0 Å². The molecule has 0 aromatic heterocycles. The van der Waals surface area contributed by atoms with Crippen LogP contribution in [0.3, 0.4) is 0 Å². The number of carboxylic acids is 1. The van der Waals surface area contributed by atoms with Gasteiger partial charge in [-0.25, -0.2) is 0 Å². The molecule has 0 aliphatic carbocycles. The molecule has 7 heteroatoms. The van der Waals surface area contributed by atoms with Crippen molar-refractivity contribution >= 4 is 40.8 Å². The van der Waals surface area contributed by atoms with Crippen molar-refractivity contribution in [2.75, 3.05) is 6.54 Å². The average molecular weight is 375 g/mol. The van der Waals surface area contributed by atoms with Crippen LogP contribution in [0, 0.1) is 0 Å². The van der Waals surface area contributed by atoms with Crippen LogP contribution in [0.4, 0.5) is 0 Å². The van der Waals surface area contributed by atoms with Crippen LogP contribution in [-0.4, -0.2) is 17.6 Å². The summed E-state index contributed by atoms with van der Waals surface area (Å²) in [5.41, 5.74) is 1.44. The SMILES string of the molecule is O=C(O)CNCc1cc(Cl)ccc1OCc1c(Cl)cccc1Cl. The van der Waals surface area contributed by atoms with Gasteiger partial charge in [0.1, 0.15) is 12.4 Å². The molecule has 0 radical (unpaired) electrons. The number of carbonyl (C=O) groups is 1. The van der Waals surface area contributed by atoms with Crippen LogP contribution in [0.15, 0.2) is 36.4 Å². The molecule has 0 aliphatic rings. The Labute approximate surface area is 148 Å². The zero-order chi connectivity index (χ0) is 16.8. The third-order valence-electron chi connectivity index (χ3n) is 3.05. The van der Waals surface area contributed by atoms with Crippen LogP contribution in [0.2, 0.25) is 15.1 Å². The molecular formula is C16H14Cl3NO3. The van der Waals surface area contributed by atoms with Crippen LogP contribution in [-0.2, 0) is 17.9 Å². The molecule has 0 heterocycles. The maximum absolute atomic E-state index is 10.6. The van der Waals surface area contributed by atoms with Crippen LogP contribution in [0.1, 0.15) is 11.1 Å². The number of aliphatic carboxylic acids is 1. The van der Waals surface area contributed by atoms with E-state index in [0.29, 0.717) is 32.9 Å². The van der Waals surface area contributed by atoms with Crippen molar-refractivity contribution in [2.45, 2.75) is 13.2 Å². The van der Waals surface area contributed by atoms with Gasteiger partial charge in [0.2, 0.25) is 0 Å². The van der Waals surface area contributed by atoms with Crippen molar-refractivity contribution in [3.05, 3.63) is 62.6 Å². The first-order valence-corrected chi connectivity index (χ1v) is 7.87. The third-order valence-corrected chi connectivity index (χ3v) is 3.99. The lowest BCUT2D eigenvalue weighted by Gasteiger charge is -2.14. The first-order chi connectivity index (χ1) is 11.0. The lowest BCUT2D eigenvalue weighted by atomic mass is 10.2. The summed E-state index contributed by atoms with van der Waals surface area (Å²) in [7, 11) is 0. The summed E-state index contributed by atoms with van der Waals surface area (Å²) in [6, 6.07) is 10.4. The van der Waals surface area contributed by atoms with Gasteiger partial charge in [-0.05, 0) is 30.3 Å². The van der Waals surface area contributed by atoms with E-state index in [4.69, 9.17) is 44.6 Å². The fourth-order valence-corrected chi connectivity index (χ4v) is 2.65. The number of ether oxygens (including phenoxy) is 1. The second-order valence-corrected chi connectivity index (χ2v) is 5.99. The minimum absolute atomic E-state index is 0.151. The molecule has 0 spiro atoms. The zero-order valence-corrected chi connectivity index (χ0v) is 14.3. The van der Waals surface area contributed by atoms with E-state index in [9.17, 15) is 4.79 Å². The van der Waals surface area contributed by atoms with E-state index >= 15 is 0 Å². The van der Waals surface area contributed by atoms with E-state index in [0.717, 1.165) is 5.56 Å². The van der Waals surface area contributed by atoms with E-state index in [2.05, 4.69) is 5.32 Å². The fraction of sp³-hybridized carbons (Fsp3) is 0.188. The maximum Gasteiger partial charge on any atom is 0.317 e. The molecule has 2 aromatic rings. The first kappa shape index (κ1) is 17.9. The number of hydrogen-bond acceptors (Lipinski definition) is 3. The number of benzene rings is 2. The third kappa shape index (κ3) is 5.29. The molecule has 2 N–H and O–H groups in total. The smallest absolute Gasteiger partial charge is 0.317 e. The maximum atomic E-state index is 10.6. The highest BCUT2D eigenvalue weighted by atomic mass is 35.5. The molecule has 0 saturated heterocycles. The van der Waals surface area contributed by atoms with Crippen molar-refractivity contribution in [3.8, 4) is 5.75 Å². The molecule has 0 bridgehead atoms. The Morgan fingerprint density at radius 2 is 1.83 bits per heavy atom. The van der Waals surface area contributed by atoms with Gasteiger partial charge in [-0.15, -0.1) is 0 Å². The molecule has 2 aromatic carbocycles. The summed E-state index contributed by atoms with van der Waals surface area (Å²) in [4.78, 5) is 10.6. The number of halogens is 3. The van der Waals surface area contributed by atoms with Gasteiger partial charge >= 0.3 is 5.97 Å². The Kier molecular flexibility index (Phi) is 6.54. The van der Waals surface area contributed by atoms with E-state index in [-0.39, 0.29) is 13.2 Å². The Hall–Kier alpha value is -1.46. The van der Waals surface area contributed by atoms with Crippen LogP contribution >= 0.6 is 34.8 Å². The summed E-state index contributed by atoms with van der Waals surface area (Å²) in [5, 5.41) is 13.1. The van der Waals surface area contributed by atoms with Gasteiger partial charge in [0.05, 0.1) is 6.54 Å². The minimum Gasteiger partial charge on any atom is -0.488 e. The van der Waals surface area contributed by atoms with Gasteiger partial charge in [0, 0.05) is 32.7 Å². The van der Waals surface area contributed by atoms with Gasteiger partial charge < -0.3 is 15.2 Å². The summed E-state index contributed by atoms with van der Waals surface area (Å²) in [6.07, 6.45) is 0. The number of hydrogen-bond donors (Lipinski definition) is 2. The van der Waals surface area contributed by atoms with Crippen molar-refractivity contribution in [1.29, 1.82) is 0 Å². The molecule has 0 amide bonds. The van der Waals surface area contributed by atoms with E-state index in [1.807, 2.05) is 0 Å². The minimum atomic E-state index is -0.933. The van der Waals surface area contributed by atoms with Crippen molar-refractivity contribution in [3.63, 3.8) is 0 Å². The van der Waals surface area contributed by atoms with Crippen molar-refractivity contribution < 1.29 is 14.6 Å². The standard InChI is InChI=1S/C16H14Cl3NO3/c17-11-4-5-15(10(6-11)7-20-8-16(21)22)23-9-12-13(18)2-1-3-14(12)19/h1-6,20H,7-9H2,(H,21,22). The van der Waals surface area contributed by atoms with Gasteiger partial charge in [0.25, 0.3) is 0 Å². The lowest BCUT2D eigenvalue weighted by molar-refractivity contribution is -0.136. The van der Waals surface area contributed by atoms with Crippen molar-refractivity contribution in [1.82, 2.24) is 5.32 Å². The quantitative estimate of drug-likeness (QED) is 0.754. The zero-order valence-electron chi connectivity index (χ0n) is 12.0.